The van der Waals surface area contributed by atoms with Crippen molar-refractivity contribution in [1.29, 1.82) is 0 Å². The summed E-state index contributed by atoms with van der Waals surface area (Å²) in [5.41, 5.74) is 1.19. The molecule has 2 aliphatic rings. The number of amides is 2. The van der Waals surface area contributed by atoms with Crippen molar-refractivity contribution < 1.29 is 4.79 Å². The Hall–Kier alpha value is -1.96. The minimum atomic E-state index is -0.0315. The molecule has 0 saturated carbocycles. The Morgan fingerprint density at radius 1 is 1.21 bits per heavy atom. The van der Waals surface area contributed by atoms with Gasteiger partial charge in [0.25, 0.3) is 0 Å². The van der Waals surface area contributed by atoms with Crippen LogP contribution in [0.5, 0.6) is 0 Å². The Balaban J connectivity index is 1.34. The number of rotatable bonds is 2. The number of anilines is 1. The Kier molecular flexibility index (Phi) is 4.46. The van der Waals surface area contributed by atoms with Crippen LogP contribution in [0.3, 0.4) is 0 Å². The predicted molar refractivity (Wildman–Crippen MR) is 92.3 cm³/mol. The van der Waals surface area contributed by atoms with E-state index in [1.54, 1.807) is 24.0 Å². The maximum atomic E-state index is 12.5. The van der Waals surface area contributed by atoms with E-state index in [0.29, 0.717) is 6.04 Å². The third-order valence-corrected chi connectivity index (χ3v) is 5.94. The van der Waals surface area contributed by atoms with E-state index < -0.39 is 0 Å². The lowest BCUT2D eigenvalue weighted by Gasteiger charge is -2.31. The molecule has 3 heterocycles. The fraction of sp³-hybridized carbons (Fsp3) is 0.625. The monoisotopic (exact) mass is 346 g/mol. The van der Waals surface area contributed by atoms with Crippen LogP contribution in [0.2, 0.25) is 0 Å². The third kappa shape index (κ3) is 3.28. The summed E-state index contributed by atoms with van der Waals surface area (Å²) in [6.07, 6.45) is 11.0. The molecule has 0 atom stereocenters. The molecule has 1 aliphatic heterocycles. The average molecular weight is 346 g/mol. The van der Waals surface area contributed by atoms with Gasteiger partial charge in [-0.1, -0.05) is 6.42 Å². The Morgan fingerprint density at radius 2 is 2.04 bits per heavy atom. The molecule has 7 nitrogen and oxygen atoms in total. The quantitative estimate of drug-likeness (QED) is 0.849. The van der Waals surface area contributed by atoms with Gasteiger partial charge in [0.05, 0.1) is 11.7 Å². The summed E-state index contributed by atoms with van der Waals surface area (Å²) in [5, 5.41) is 7.95. The first-order chi connectivity index (χ1) is 11.8. The number of likely N-dealkylation sites (tertiary alicyclic amines) is 1. The van der Waals surface area contributed by atoms with Crippen molar-refractivity contribution in [3.63, 3.8) is 0 Å². The highest BCUT2D eigenvalue weighted by atomic mass is 32.1. The van der Waals surface area contributed by atoms with Gasteiger partial charge in [-0.2, -0.15) is 5.10 Å². The largest absolute Gasteiger partial charge is 0.324 e. The van der Waals surface area contributed by atoms with Crippen molar-refractivity contribution in [2.24, 2.45) is 0 Å². The summed E-state index contributed by atoms with van der Waals surface area (Å²) < 4.78 is 1.90. The second-order valence-electron chi connectivity index (χ2n) is 6.47. The fourth-order valence-corrected chi connectivity index (χ4v) is 4.53. The molecule has 2 amide bonds. The summed E-state index contributed by atoms with van der Waals surface area (Å²) in [6, 6.07) is 0.309. The second-order valence-corrected chi connectivity index (χ2v) is 7.56. The van der Waals surface area contributed by atoms with Crippen molar-refractivity contribution in [3.8, 4) is 0 Å². The van der Waals surface area contributed by atoms with E-state index in [4.69, 9.17) is 0 Å². The molecular weight excluding hydrogens is 324 g/mol. The third-order valence-electron chi connectivity index (χ3n) is 4.87. The number of hydrogen-bond donors (Lipinski definition) is 1. The molecule has 0 radical (unpaired) electrons. The standard InChI is InChI=1S/C16H22N6OS/c23-16(20-15-19-13-4-2-1-3-5-14(13)24-15)21-8-6-12(7-9-21)22-11-17-10-18-22/h10-12H,1-9H2,(H,19,20,23). The molecule has 2 aromatic rings. The zero-order chi connectivity index (χ0) is 16.4. The van der Waals surface area contributed by atoms with Crippen LogP contribution in [-0.2, 0) is 12.8 Å². The van der Waals surface area contributed by atoms with Gasteiger partial charge in [0, 0.05) is 18.0 Å². The molecule has 1 aliphatic carbocycles. The van der Waals surface area contributed by atoms with Crippen LogP contribution in [0.1, 0.15) is 48.7 Å². The first-order valence-electron chi connectivity index (χ1n) is 8.68. The number of urea groups is 1. The normalized spacial score (nSPS) is 18.9. The van der Waals surface area contributed by atoms with E-state index in [1.165, 1.54) is 29.8 Å². The molecule has 4 rings (SSSR count). The summed E-state index contributed by atoms with van der Waals surface area (Å²) in [6.45, 7) is 1.48. The molecule has 1 fully saturated rings. The smallest absolute Gasteiger partial charge is 0.323 e. The van der Waals surface area contributed by atoms with Gasteiger partial charge in [-0.25, -0.2) is 19.4 Å². The number of hydrogen-bond acceptors (Lipinski definition) is 5. The molecule has 8 heteroatoms. The summed E-state index contributed by atoms with van der Waals surface area (Å²) in [4.78, 5) is 24.4. The number of nitrogens with zero attached hydrogens (tertiary/aromatic N) is 5. The predicted octanol–water partition coefficient (Wildman–Crippen LogP) is 2.87. The zero-order valence-corrected chi connectivity index (χ0v) is 14.5. The van der Waals surface area contributed by atoms with Crippen molar-refractivity contribution in [2.45, 2.75) is 51.0 Å². The van der Waals surface area contributed by atoms with Crippen molar-refractivity contribution >= 4 is 22.5 Å². The number of thiazole rings is 1. The lowest BCUT2D eigenvalue weighted by molar-refractivity contribution is 0.180. The number of aryl methyl sites for hydroxylation is 2. The Morgan fingerprint density at radius 3 is 2.83 bits per heavy atom. The van der Waals surface area contributed by atoms with Crippen molar-refractivity contribution in [1.82, 2.24) is 24.6 Å². The highest BCUT2D eigenvalue weighted by Gasteiger charge is 2.25. The first-order valence-corrected chi connectivity index (χ1v) is 9.50. The second kappa shape index (κ2) is 6.88. The topological polar surface area (TPSA) is 75.9 Å². The van der Waals surface area contributed by atoms with E-state index in [-0.39, 0.29) is 6.03 Å². The molecule has 2 aromatic heterocycles. The number of carbonyl (C=O) groups is 1. The molecule has 0 aromatic carbocycles. The van der Waals surface area contributed by atoms with Crippen LogP contribution in [-0.4, -0.2) is 43.8 Å². The van der Waals surface area contributed by atoms with Gasteiger partial charge in [-0.3, -0.25) is 5.32 Å². The van der Waals surface area contributed by atoms with Crippen LogP contribution >= 0.6 is 11.3 Å². The lowest BCUT2D eigenvalue weighted by Crippen LogP contribution is -2.41. The molecule has 0 spiro atoms. The molecule has 128 valence electrons. The lowest BCUT2D eigenvalue weighted by atomic mass is 10.1. The minimum Gasteiger partial charge on any atom is -0.324 e. The maximum absolute atomic E-state index is 12.5. The number of piperidine rings is 1. The SMILES string of the molecule is O=C(Nc1nc2c(s1)CCCCC2)N1CCC(n2cncn2)CC1. The zero-order valence-electron chi connectivity index (χ0n) is 13.6. The van der Waals surface area contributed by atoms with Gasteiger partial charge in [0.15, 0.2) is 5.13 Å². The van der Waals surface area contributed by atoms with Crippen LogP contribution in [0.4, 0.5) is 9.93 Å². The van der Waals surface area contributed by atoms with Crippen LogP contribution in [0.25, 0.3) is 0 Å². The van der Waals surface area contributed by atoms with E-state index in [9.17, 15) is 4.79 Å². The Bertz CT molecular complexity index is 666. The number of fused-ring (bicyclic) bond motifs is 1. The number of nitrogens with one attached hydrogen (secondary N) is 1. The first kappa shape index (κ1) is 15.6. The highest BCUT2D eigenvalue weighted by molar-refractivity contribution is 7.15. The van der Waals surface area contributed by atoms with Gasteiger partial charge in [-0.05, 0) is 38.5 Å². The molecule has 1 saturated heterocycles. The molecule has 1 N–H and O–H groups in total. The van der Waals surface area contributed by atoms with Gasteiger partial charge < -0.3 is 4.90 Å². The van der Waals surface area contributed by atoms with Crippen LogP contribution in [0.15, 0.2) is 12.7 Å². The van der Waals surface area contributed by atoms with Gasteiger partial charge in [0.1, 0.15) is 12.7 Å². The van der Waals surface area contributed by atoms with E-state index in [1.807, 2.05) is 9.58 Å². The van der Waals surface area contributed by atoms with Crippen molar-refractivity contribution in [3.05, 3.63) is 23.2 Å². The van der Waals surface area contributed by atoms with Gasteiger partial charge in [-0.15, -0.1) is 11.3 Å². The van der Waals surface area contributed by atoms with E-state index in [0.717, 1.165) is 43.9 Å². The van der Waals surface area contributed by atoms with Gasteiger partial charge >= 0.3 is 6.03 Å². The molecular formula is C16H22N6OS. The molecule has 24 heavy (non-hydrogen) atoms. The summed E-state index contributed by atoms with van der Waals surface area (Å²) in [5.74, 6) is 0. The van der Waals surface area contributed by atoms with Gasteiger partial charge in [0.2, 0.25) is 0 Å². The van der Waals surface area contributed by atoms with Crippen LogP contribution < -0.4 is 5.32 Å². The minimum absolute atomic E-state index is 0.0315. The molecule has 0 unspecified atom stereocenters. The highest BCUT2D eigenvalue weighted by Crippen LogP contribution is 2.29. The number of aromatic nitrogens is 4. The van der Waals surface area contributed by atoms with Crippen molar-refractivity contribution in [2.75, 3.05) is 18.4 Å². The van der Waals surface area contributed by atoms with E-state index >= 15 is 0 Å². The summed E-state index contributed by atoms with van der Waals surface area (Å²) >= 11 is 1.65. The maximum Gasteiger partial charge on any atom is 0.323 e. The average Bonchev–Trinajstić information content (AvgIpc) is 3.21. The van der Waals surface area contributed by atoms with Crippen LogP contribution in [0, 0.1) is 0 Å². The molecule has 0 bridgehead atoms. The number of carbonyl (C=O) groups excluding carboxylic acids is 1. The fourth-order valence-electron chi connectivity index (χ4n) is 3.49. The van der Waals surface area contributed by atoms with E-state index in [2.05, 4.69) is 20.4 Å². The Labute approximate surface area is 145 Å². The summed E-state index contributed by atoms with van der Waals surface area (Å²) in [7, 11) is 0.